The number of hydrogen-bond acceptors (Lipinski definition) is 8. The van der Waals surface area contributed by atoms with Crippen LogP contribution in [0.1, 0.15) is 45.4 Å². The summed E-state index contributed by atoms with van der Waals surface area (Å²) in [6.07, 6.45) is 10.0. The summed E-state index contributed by atoms with van der Waals surface area (Å²) in [6, 6.07) is 0.160. The van der Waals surface area contributed by atoms with Crippen molar-refractivity contribution >= 4 is 31.8 Å². The first-order valence-corrected chi connectivity index (χ1v) is 13.2. The van der Waals surface area contributed by atoms with Crippen LogP contribution in [0.5, 0.6) is 0 Å². The number of aliphatic hydroxyl groups is 1. The average molecular weight is 442 g/mol. The molecule has 1 saturated heterocycles. The highest BCUT2D eigenvalue weighted by Crippen LogP contribution is 2.25. The molecule has 8 nitrogen and oxygen atoms in total. The van der Waals surface area contributed by atoms with Crippen molar-refractivity contribution in [2.45, 2.75) is 56.7 Å². The summed E-state index contributed by atoms with van der Waals surface area (Å²) >= 11 is 0.981. The van der Waals surface area contributed by atoms with Crippen molar-refractivity contribution in [2.24, 2.45) is 5.14 Å². The van der Waals surface area contributed by atoms with Crippen molar-refractivity contribution in [3.05, 3.63) is 22.6 Å². The van der Waals surface area contributed by atoms with Gasteiger partial charge in [-0.1, -0.05) is 26.2 Å². The Kier molecular flexibility index (Phi) is 10.9. The van der Waals surface area contributed by atoms with Crippen LogP contribution >= 0.6 is 11.9 Å². The SMILES string of the molecule is CCNC1C[C@@H](CCCCCCO)S(=O)(=O)C1.NS(=O)(=O)C1=CC=CNS1. The van der Waals surface area contributed by atoms with Gasteiger partial charge in [0, 0.05) is 18.8 Å². The number of hydrogen-bond donors (Lipinski definition) is 4. The highest BCUT2D eigenvalue weighted by molar-refractivity contribution is 8.17. The molecular formula is C16H31N3O5S3. The quantitative estimate of drug-likeness (QED) is 0.307. The minimum Gasteiger partial charge on any atom is -0.396 e. The van der Waals surface area contributed by atoms with E-state index < -0.39 is 19.9 Å². The van der Waals surface area contributed by atoms with Crippen LogP contribution in [0.2, 0.25) is 0 Å². The van der Waals surface area contributed by atoms with Gasteiger partial charge < -0.3 is 15.1 Å². The Balaban J connectivity index is 0.000000309. The molecule has 1 unspecified atom stereocenters. The summed E-state index contributed by atoms with van der Waals surface area (Å²) in [7, 11) is -6.38. The largest absolute Gasteiger partial charge is 0.396 e. The van der Waals surface area contributed by atoms with Crippen molar-refractivity contribution in [3.8, 4) is 0 Å². The zero-order valence-electron chi connectivity index (χ0n) is 15.6. The molecule has 0 aromatic rings. The molecule has 0 radical (unpaired) electrons. The Labute approximate surface area is 167 Å². The predicted molar refractivity (Wildman–Crippen MR) is 111 cm³/mol. The molecule has 1 fully saturated rings. The molecule has 2 rings (SSSR count). The third kappa shape index (κ3) is 9.44. The third-order valence-electron chi connectivity index (χ3n) is 4.25. The maximum atomic E-state index is 11.9. The number of rotatable bonds is 9. The van der Waals surface area contributed by atoms with Crippen molar-refractivity contribution in [3.63, 3.8) is 0 Å². The number of sulfone groups is 1. The van der Waals surface area contributed by atoms with E-state index in [0.29, 0.717) is 5.75 Å². The molecule has 11 heteroatoms. The maximum absolute atomic E-state index is 11.9. The Morgan fingerprint density at radius 2 is 2.04 bits per heavy atom. The molecule has 0 saturated carbocycles. The molecule has 2 heterocycles. The van der Waals surface area contributed by atoms with Gasteiger partial charge in [0.15, 0.2) is 9.84 Å². The van der Waals surface area contributed by atoms with Crippen LogP contribution in [-0.2, 0) is 19.9 Å². The van der Waals surface area contributed by atoms with Crippen molar-refractivity contribution in [2.75, 3.05) is 18.9 Å². The molecule has 0 bridgehead atoms. The summed E-state index contributed by atoms with van der Waals surface area (Å²) in [5.41, 5.74) is 0. The molecule has 158 valence electrons. The number of allylic oxidation sites excluding steroid dienone is 2. The highest BCUT2D eigenvalue weighted by Gasteiger charge is 2.37. The first kappa shape index (κ1) is 24.4. The summed E-state index contributed by atoms with van der Waals surface area (Å²) in [5.74, 6) is 0.308. The number of nitrogens with one attached hydrogen (secondary N) is 2. The van der Waals surface area contributed by atoms with Gasteiger partial charge >= 0.3 is 0 Å². The van der Waals surface area contributed by atoms with Gasteiger partial charge in [-0.05, 0) is 49.9 Å². The van der Waals surface area contributed by atoms with Crippen molar-refractivity contribution < 1.29 is 21.9 Å². The lowest BCUT2D eigenvalue weighted by atomic mass is 10.1. The van der Waals surface area contributed by atoms with Gasteiger partial charge in [0.1, 0.15) is 4.24 Å². The van der Waals surface area contributed by atoms with E-state index in [0.717, 1.165) is 57.0 Å². The van der Waals surface area contributed by atoms with Gasteiger partial charge in [-0.25, -0.2) is 22.0 Å². The van der Waals surface area contributed by atoms with Crippen LogP contribution in [0.3, 0.4) is 0 Å². The monoisotopic (exact) mass is 441 g/mol. The van der Waals surface area contributed by atoms with Gasteiger partial charge in [-0.15, -0.1) is 0 Å². The van der Waals surface area contributed by atoms with Crippen LogP contribution in [0.4, 0.5) is 0 Å². The van der Waals surface area contributed by atoms with Gasteiger partial charge in [0.05, 0.1) is 11.0 Å². The molecule has 0 aliphatic carbocycles. The molecule has 2 atom stereocenters. The summed E-state index contributed by atoms with van der Waals surface area (Å²) < 4.78 is 47.8. The van der Waals surface area contributed by atoms with E-state index in [4.69, 9.17) is 10.2 Å². The smallest absolute Gasteiger partial charge is 0.245 e. The van der Waals surface area contributed by atoms with Crippen LogP contribution in [0.25, 0.3) is 0 Å². The zero-order valence-corrected chi connectivity index (χ0v) is 18.1. The second kappa shape index (κ2) is 12.1. The summed E-state index contributed by atoms with van der Waals surface area (Å²) in [5, 5.41) is 16.6. The van der Waals surface area contributed by atoms with Gasteiger partial charge in [-0.3, -0.25) is 0 Å². The number of nitrogens with two attached hydrogens (primary N) is 1. The lowest BCUT2D eigenvalue weighted by molar-refractivity contribution is 0.282. The van der Waals surface area contributed by atoms with E-state index in [1.165, 1.54) is 6.08 Å². The van der Waals surface area contributed by atoms with E-state index in [2.05, 4.69) is 10.0 Å². The van der Waals surface area contributed by atoms with Gasteiger partial charge in [0.25, 0.3) is 0 Å². The van der Waals surface area contributed by atoms with E-state index in [9.17, 15) is 16.8 Å². The minimum atomic E-state index is -3.52. The Morgan fingerprint density at radius 3 is 2.56 bits per heavy atom. The van der Waals surface area contributed by atoms with E-state index in [-0.39, 0.29) is 22.1 Å². The fourth-order valence-corrected chi connectivity index (χ4v) is 6.38. The van der Waals surface area contributed by atoms with Gasteiger partial charge in [-0.2, -0.15) is 0 Å². The third-order valence-corrected chi connectivity index (χ3v) is 8.80. The molecule has 27 heavy (non-hydrogen) atoms. The molecule has 2 aliphatic rings. The average Bonchev–Trinajstić information content (AvgIpc) is 2.89. The fourth-order valence-electron chi connectivity index (χ4n) is 2.96. The molecule has 5 N–H and O–H groups in total. The van der Waals surface area contributed by atoms with Crippen LogP contribution < -0.4 is 15.2 Å². The molecule has 2 aliphatic heterocycles. The predicted octanol–water partition coefficient (Wildman–Crippen LogP) is 0.976. The molecule has 0 aromatic carbocycles. The minimum absolute atomic E-state index is 0.134. The zero-order chi connectivity index (χ0) is 20.3. The van der Waals surface area contributed by atoms with Crippen molar-refractivity contribution in [1.29, 1.82) is 0 Å². The Morgan fingerprint density at radius 1 is 1.33 bits per heavy atom. The van der Waals surface area contributed by atoms with E-state index >= 15 is 0 Å². The van der Waals surface area contributed by atoms with E-state index in [1.807, 2.05) is 6.92 Å². The Hall–Kier alpha value is -0.590. The van der Waals surface area contributed by atoms with Gasteiger partial charge in [0.2, 0.25) is 10.0 Å². The highest BCUT2D eigenvalue weighted by atomic mass is 32.3. The molecule has 0 spiro atoms. The lowest BCUT2D eigenvalue weighted by Gasteiger charge is -2.09. The molecule has 0 amide bonds. The first-order valence-electron chi connectivity index (χ1n) is 9.08. The van der Waals surface area contributed by atoms with Crippen LogP contribution in [0.15, 0.2) is 22.6 Å². The summed E-state index contributed by atoms with van der Waals surface area (Å²) in [4.78, 5) is 0. The lowest BCUT2D eigenvalue weighted by Crippen LogP contribution is -2.29. The first-order chi connectivity index (χ1) is 12.7. The number of unbranched alkanes of at least 4 members (excludes halogenated alkanes) is 3. The molecular weight excluding hydrogens is 410 g/mol. The number of aliphatic hydroxyl groups excluding tert-OH is 1. The molecule has 0 aromatic heterocycles. The standard InChI is InChI=1S/C12H25NO3S.C4H6N2O2S2/c1-2-13-11-9-12(17(15,16)10-11)7-5-3-4-6-8-14;5-10(7,8)4-2-1-3-6-9-4/h11-14H,2-10H2,1H3;1-3,6H,(H2,5,7,8)/t11?,12-;/m1./s1. The Bertz CT molecular complexity index is 705. The van der Waals surface area contributed by atoms with Crippen molar-refractivity contribution in [1.82, 2.24) is 10.0 Å². The van der Waals surface area contributed by atoms with E-state index in [1.54, 1.807) is 12.3 Å². The number of primary sulfonamides is 1. The number of sulfonamides is 1. The second-order valence-electron chi connectivity index (χ2n) is 6.48. The second-order valence-corrected chi connectivity index (χ2v) is 11.5. The van der Waals surface area contributed by atoms with Crippen LogP contribution in [-0.4, -0.2) is 52.1 Å². The maximum Gasteiger partial charge on any atom is 0.245 e. The fraction of sp³-hybridized carbons (Fsp3) is 0.750. The normalized spacial score (nSPS) is 23.9. The van der Waals surface area contributed by atoms with Crippen LogP contribution in [0, 0.1) is 0 Å². The summed E-state index contributed by atoms with van der Waals surface area (Å²) in [6.45, 7) is 3.09. The topological polar surface area (TPSA) is 139 Å².